The minimum absolute atomic E-state index is 0.192. The molecule has 0 fully saturated rings. The Hall–Kier alpha value is -1.78. The number of Topliss-reactive ketones (excluding diaryl/α,β-unsaturated/α-hetero) is 1. The highest BCUT2D eigenvalue weighted by Gasteiger charge is 2.16. The number of alkyl halides is 1. The molecule has 0 bridgehead atoms. The molecular weight excluding hydrogens is 215 g/mol. The van der Waals surface area contributed by atoms with Gasteiger partial charge in [0.05, 0.1) is 21.3 Å². The normalized spacial score (nSPS) is 9.75. The number of hydrogen-bond acceptors (Lipinski definition) is 4. The van der Waals surface area contributed by atoms with E-state index in [4.69, 9.17) is 14.2 Å². The van der Waals surface area contributed by atoms with Crippen LogP contribution in [-0.2, 0) is 0 Å². The van der Waals surface area contributed by atoms with Crippen molar-refractivity contribution in [3.8, 4) is 17.2 Å². The van der Waals surface area contributed by atoms with Gasteiger partial charge in [-0.05, 0) is 12.1 Å². The van der Waals surface area contributed by atoms with Gasteiger partial charge in [-0.15, -0.1) is 0 Å². The van der Waals surface area contributed by atoms with Crippen molar-refractivity contribution >= 4 is 5.78 Å². The lowest BCUT2D eigenvalue weighted by atomic mass is 10.1. The van der Waals surface area contributed by atoms with Crippen LogP contribution in [0.3, 0.4) is 0 Å². The minimum atomic E-state index is -1.06. The van der Waals surface area contributed by atoms with Crippen LogP contribution < -0.4 is 14.2 Å². The van der Waals surface area contributed by atoms with Gasteiger partial charge in [0, 0.05) is 5.56 Å². The summed E-state index contributed by atoms with van der Waals surface area (Å²) >= 11 is 0. The second-order valence-corrected chi connectivity index (χ2v) is 2.97. The zero-order valence-corrected chi connectivity index (χ0v) is 9.37. The van der Waals surface area contributed by atoms with Crippen LogP contribution in [0.4, 0.5) is 4.39 Å². The molecule has 0 heterocycles. The van der Waals surface area contributed by atoms with Gasteiger partial charge in [-0.25, -0.2) is 4.39 Å². The molecule has 0 amide bonds. The van der Waals surface area contributed by atoms with E-state index in [1.807, 2.05) is 0 Å². The zero-order valence-electron chi connectivity index (χ0n) is 9.37. The number of ether oxygens (including phenoxy) is 3. The summed E-state index contributed by atoms with van der Waals surface area (Å²) in [4.78, 5) is 11.2. The van der Waals surface area contributed by atoms with E-state index in [1.54, 1.807) is 0 Å². The van der Waals surface area contributed by atoms with E-state index >= 15 is 0 Å². The van der Waals surface area contributed by atoms with Crippen LogP contribution in [-0.4, -0.2) is 33.8 Å². The van der Waals surface area contributed by atoms with E-state index in [-0.39, 0.29) is 5.56 Å². The smallest absolute Gasteiger partial charge is 0.203 e. The van der Waals surface area contributed by atoms with Crippen LogP contribution in [0.2, 0.25) is 0 Å². The van der Waals surface area contributed by atoms with Crippen LogP contribution in [0, 0.1) is 0 Å². The summed E-state index contributed by atoms with van der Waals surface area (Å²) < 4.78 is 27.4. The fourth-order valence-electron chi connectivity index (χ4n) is 1.32. The van der Waals surface area contributed by atoms with Crippen LogP contribution in [0.15, 0.2) is 12.1 Å². The van der Waals surface area contributed by atoms with Crippen LogP contribution in [0.5, 0.6) is 17.2 Å². The van der Waals surface area contributed by atoms with Crippen LogP contribution in [0.25, 0.3) is 0 Å². The van der Waals surface area contributed by atoms with Gasteiger partial charge < -0.3 is 14.2 Å². The van der Waals surface area contributed by atoms with Crippen LogP contribution >= 0.6 is 0 Å². The highest BCUT2D eigenvalue weighted by atomic mass is 19.1. The molecule has 0 aliphatic rings. The van der Waals surface area contributed by atoms with E-state index in [9.17, 15) is 9.18 Å². The number of benzene rings is 1. The highest BCUT2D eigenvalue weighted by molar-refractivity contribution is 5.98. The van der Waals surface area contributed by atoms with Gasteiger partial charge in [0.25, 0.3) is 0 Å². The number of halogens is 1. The van der Waals surface area contributed by atoms with Gasteiger partial charge >= 0.3 is 0 Å². The molecule has 0 N–H and O–H groups in total. The molecule has 1 aromatic rings. The molecule has 0 saturated carbocycles. The quantitative estimate of drug-likeness (QED) is 0.721. The summed E-state index contributed by atoms with van der Waals surface area (Å²) in [5.41, 5.74) is 0.192. The maximum atomic E-state index is 12.3. The molecule has 1 aromatic carbocycles. The second-order valence-electron chi connectivity index (χ2n) is 2.97. The summed E-state index contributed by atoms with van der Waals surface area (Å²) in [6.07, 6.45) is 0. The molecule has 0 aliphatic heterocycles. The van der Waals surface area contributed by atoms with Crippen molar-refractivity contribution in [2.45, 2.75) is 0 Å². The largest absolute Gasteiger partial charge is 0.493 e. The number of carbonyl (C=O) groups excluding carboxylic acids is 1. The zero-order chi connectivity index (χ0) is 12.1. The summed E-state index contributed by atoms with van der Waals surface area (Å²) in [6.45, 7) is -1.06. The van der Waals surface area contributed by atoms with Gasteiger partial charge in [-0.1, -0.05) is 0 Å². The van der Waals surface area contributed by atoms with E-state index in [0.29, 0.717) is 17.2 Å². The molecule has 0 saturated heterocycles. The van der Waals surface area contributed by atoms with Crippen molar-refractivity contribution < 1.29 is 23.4 Å². The number of methoxy groups -OCH3 is 3. The van der Waals surface area contributed by atoms with Gasteiger partial charge in [0.1, 0.15) is 0 Å². The van der Waals surface area contributed by atoms with Gasteiger partial charge in [0.15, 0.2) is 24.0 Å². The lowest BCUT2D eigenvalue weighted by Gasteiger charge is -2.13. The molecular formula is C11H13FO4. The molecule has 1 rings (SSSR count). The average Bonchev–Trinajstić information content (AvgIpc) is 2.35. The molecule has 0 unspecified atom stereocenters. The SMILES string of the molecule is COc1cc(C(=O)CF)cc(OC)c1OC. The highest BCUT2D eigenvalue weighted by Crippen LogP contribution is 2.38. The lowest BCUT2D eigenvalue weighted by Crippen LogP contribution is -2.03. The Morgan fingerprint density at radius 2 is 1.62 bits per heavy atom. The van der Waals surface area contributed by atoms with Gasteiger partial charge in [0.2, 0.25) is 5.75 Å². The maximum absolute atomic E-state index is 12.3. The summed E-state index contributed by atoms with van der Waals surface area (Å²) in [5.74, 6) is 0.414. The van der Waals surface area contributed by atoms with Crippen LogP contribution in [0.1, 0.15) is 10.4 Å². The molecule has 0 radical (unpaired) electrons. The molecule has 4 nitrogen and oxygen atoms in total. The number of ketones is 1. The Morgan fingerprint density at radius 3 is 1.94 bits per heavy atom. The monoisotopic (exact) mass is 228 g/mol. The average molecular weight is 228 g/mol. The van der Waals surface area contributed by atoms with E-state index in [1.165, 1.54) is 33.5 Å². The van der Waals surface area contributed by atoms with E-state index in [0.717, 1.165) is 0 Å². The third kappa shape index (κ3) is 2.24. The second kappa shape index (κ2) is 5.34. The lowest BCUT2D eigenvalue weighted by molar-refractivity contribution is 0.0958. The van der Waals surface area contributed by atoms with Crippen molar-refractivity contribution in [2.75, 3.05) is 28.0 Å². The number of rotatable bonds is 5. The van der Waals surface area contributed by atoms with E-state index < -0.39 is 12.5 Å². The fourth-order valence-corrected chi connectivity index (χ4v) is 1.32. The molecule has 0 aromatic heterocycles. The third-order valence-corrected chi connectivity index (χ3v) is 2.11. The minimum Gasteiger partial charge on any atom is -0.493 e. The van der Waals surface area contributed by atoms with Crippen molar-refractivity contribution in [1.82, 2.24) is 0 Å². The molecule has 88 valence electrons. The van der Waals surface area contributed by atoms with Gasteiger partial charge in [-0.2, -0.15) is 0 Å². The Morgan fingerprint density at radius 1 is 1.12 bits per heavy atom. The standard InChI is InChI=1S/C11H13FO4/c1-14-9-4-7(8(13)6-12)5-10(15-2)11(9)16-3/h4-5H,6H2,1-3H3. The Balaban J connectivity index is 3.31. The molecule has 16 heavy (non-hydrogen) atoms. The summed E-state index contributed by atoms with van der Waals surface area (Å²) in [7, 11) is 4.32. The first-order chi connectivity index (χ1) is 7.67. The third-order valence-electron chi connectivity index (χ3n) is 2.11. The first kappa shape index (κ1) is 12.3. The number of carbonyl (C=O) groups is 1. The molecule has 5 heteroatoms. The van der Waals surface area contributed by atoms with Crippen molar-refractivity contribution in [2.24, 2.45) is 0 Å². The molecule has 0 atom stereocenters. The summed E-state index contributed by atoms with van der Waals surface area (Å²) in [6, 6.07) is 2.84. The molecule has 0 spiro atoms. The van der Waals surface area contributed by atoms with Crippen molar-refractivity contribution in [3.63, 3.8) is 0 Å². The topological polar surface area (TPSA) is 44.8 Å². The number of hydrogen-bond donors (Lipinski definition) is 0. The van der Waals surface area contributed by atoms with Gasteiger partial charge in [-0.3, -0.25) is 4.79 Å². The van der Waals surface area contributed by atoms with E-state index in [2.05, 4.69) is 0 Å². The Labute approximate surface area is 92.9 Å². The first-order valence-corrected chi connectivity index (χ1v) is 4.57. The molecule has 0 aliphatic carbocycles. The Bertz CT molecular complexity index is 365. The first-order valence-electron chi connectivity index (χ1n) is 4.57. The van der Waals surface area contributed by atoms with Crippen molar-refractivity contribution in [3.05, 3.63) is 17.7 Å². The fraction of sp³-hybridized carbons (Fsp3) is 0.364. The summed E-state index contributed by atoms with van der Waals surface area (Å²) in [5, 5.41) is 0. The Kier molecular flexibility index (Phi) is 4.10. The maximum Gasteiger partial charge on any atom is 0.203 e. The predicted octanol–water partition coefficient (Wildman–Crippen LogP) is 1.86. The predicted molar refractivity (Wildman–Crippen MR) is 56.4 cm³/mol. The van der Waals surface area contributed by atoms with Crippen molar-refractivity contribution in [1.29, 1.82) is 0 Å².